The molecule has 3 rings (SSSR count). The van der Waals surface area contributed by atoms with Crippen molar-refractivity contribution >= 4 is 17.2 Å². The molecule has 3 aromatic rings. The van der Waals surface area contributed by atoms with Crippen molar-refractivity contribution in [2.75, 3.05) is 5.73 Å². The van der Waals surface area contributed by atoms with Crippen molar-refractivity contribution in [3.8, 4) is 33.8 Å². The van der Waals surface area contributed by atoms with Gasteiger partial charge in [-0.3, -0.25) is 0 Å². The summed E-state index contributed by atoms with van der Waals surface area (Å²) in [5.74, 6) is 0.184. The molecule has 0 aliphatic rings. The summed E-state index contributed by atoms with van der Waals surface area (Å²) in [7, 11) is 0. The number of hydrogen-bond donors (Lipinski definition) is 1. The highest BCUT2D eigenvalue weighted by Crippen LogP contribution is 2.35. The van der Waals surface area contributed by atoms with Crippen molar-refractivity contribution in [2.45, 2.75) is 27.3 Å². The van der Waals surface area contributed by atoms with E-state index in [1.807, 2.05) is 37.6 Å². The predicted molar refractivity (Wildman–Crippen MR) is 97.8 cm³/mol. The first-order valence-corrected chi connectivity index (χ1v) is 8.55. The summed E-state index contributed by atoms with van der Waals surface area (Å²) in [5.41, 5.74) is 9.95. The smallest absolute Gasteiger partial charge is 0.142 e. The largest absolute Gasteiger partial charge is 0.383 e. The number of rotatable bonds is 3. The second-order valence-electron chi connectivity index (χ2n) is 5.59. The molecule has 3 aromatic heterocycles. The van der Waals surface area contributed by atoms with E-state index in [1.165, 1.54) is 0 Å². The van der Waals surface area contributed by atoms with Crippen LogP contribution in [0, 0.1) is 36.5 Å². The lowest BCUT2D eigenvalue weighted by Gasteiger charge is -2.08. The summed E-state index contributed by atoms with van der Waals surface area (Å²) < 4.78 is 1.84. The van der Waals surface area contributed by atoms with Gasteiger partial charge in [-0.2, -0.15) is 10.5 Å². The molecule has 7 heteroatoms. The summed E-state index contributed by atoms with van der Waals surface area (Å²) >= 11 is 1.54. The maximum atomic E-state index is 9.52. The summed E-state index contributed by atoms with van der Waals surface area (Å²) in [6.45, 7) is 6.50. The molecule has 0 radical (unpaired) electrons. The Bertz CT molecular complexity index is 1040. The standard InChI is InChI=1S/C18H16N6S/c1-4-24-9-12(5-13(24)7-19)14-6-16(23-18(21)15(14)8-20)17-10(2)22-11(3)25-17/h5-6,9H,4H2,1-3H3,(H2,21,23). The Morgan fingerprint density at radius 3 is 2.48 bits per heavy atom. The lowest BCUT2D eigenvalue weighted by atomic mass is 10.0. The fraction of sp³-hybridized carbons (Fsp3) is 0.222. The van der Waals surface area contributed by atoms with Gasteiger partial charge in [0.2, 0.25) is 0 Å². The first-order chi connectivity index (χ1) is 12.0. The van der Waals surface area contributed by atoms with Gasteiger partial charge in [0, 0.05) is 23.9 Å². The van der Waals surface area contributed by atoms with Crippen LogP contribution in [0.25, 0.3) is 21.7 Å². The molecule has 0 amide bonds. The summed E-state index contributed by atoms with van der Waals surface area (Å²) in [5, 5.41) is 19.7. The van der Waals surface area contributed by atoms with E-state index in [0.29, 0.717) is 29.1 Å². The molecule has 0 saturated carbocycles. The van der Waals surface area contributed by atoms with Crippen LogP contribution in [0.2, 0.25) is 0 Å². The van der Waals surface area contributed by atoms with Crippen molar-refractivity contribution in [2.24, 2.45) is 0 Å². The van der Waals surface area contributed by atoms with Crippen LogP contribution in [-0.4, -0.2) is 14.5 Å². The first kappa shape index (κ1) is 16.7. The molecule has 3 heterocycles. The normalized spacial score (nSPS) is 10.4. The highest BCUT2D eigenvalue weighted by molar-refractivity contribution is 7.15. The highest BCUT2D eigenvalue weighted by Gasteiger charge is 2.18. The molecule has 0 saturated heterocycles. The van der Waals surface area contributed by atoms with E-state index >= 15 is 0 Å². The molecule has 0 aliphatic heterocycles. The Kier molecular flexibility index (Phi) is 4.26. The molecule has 0 unspecified atom stereocenters. The van der Waals surface area contributed by atoms with Gasteiger partial charge in [0.15, 0.2) is 0 Å². The van der Waals surface area contributed by atoms with Crippen LogP contribution in [0.1, 0.15) is 28.9 Å². The van der Waals surface area contributed by atoms with Crippen molar-refractivity contribution < 1.29 is 0 Å². The van der Waals surface area contributed by atoms with Crippen LogP contribution in [-0.2, 0) is 6.54 Å². The van der Waals surface area contributed by atoms with Crippen LogP contribution in [0.5, 0.6) is 0 Å². The van der Waals surface area contributed by atoms with Crippen LogP contribution in [0.15, 0.2) is 18.3 Å². The van der Waals surface area contributed by atoms with E-state index in [0.717, 1.165) is 21.1 Å². The number of nitrogens with two attached hydrogens (primary N) is 1. The Morgan fingerprint density at radius 2 is 1.96 bits per heavy atom. The molecule has 6 nitrogen and oxygen atoms in total. The first-order valence-electron chi connectivity index (χ1n) is 7.74. The van der Waals surface area contributed by atoms with Gasteiger partial charge in [0.1, 0.15) is 29.2 Å². The maximum absolute atomic E-state index is 9.52. The Balaban J connectivity index is 2.26. The van der Waals surface area contributed by atoms with Gasteiger partial charge in [-0.25, -0.2) is 9.97 Å². The van der Waals surface area contributed by atoms with Gasteiger partial charge >= 0.3 is 0 Å². The van der Waals surface area contributed by atoms with E-state index in [1.54, 1.807) is 17.4 Å². The number of nitriles is 2. The van der Waals surface area contributed by atoms with Gasteiger partial charge in [-0.15, -0.1) is 11.3 Å². The Morgan fingerprint density at radius 1 is 1.20 bits per heavy atom. The van der Waals surface area contributed by atoms with E-state index in [9.17, 15) is 10.5 Å². The Hall–Kier alpha value is -3.16. The molecular weight excluding hydrogens is 332 g/mol. The molecule has 0 fully saturated rings. The van der Waals surface area contributed by atoms with Crippen molar-refractivity contribution in [3.05, 3.63) is 40.3 Å². The minimum absolute atomic E-state index is 0.184. The minimum atomic E-state index is 0.184. The SMILES string of the molecule is CCn1cc(-c2cc(-c3sc(C)nc3C)nc(N)c2C#N)cc1C#N. The quantitative estimate of drug-likeness (QED) is 0.778. The van der Waals surface area contributed by atoms with Crippen molar-refractivity contribution in [1.82, 2.24) is 14.5 Å². The predicted octanol–water partition coefficient (Wildman–Crippen LogP) is 3.64. The zero-order chi connectivity index (χ0) is 18.1. The average molecular weight is 348 g/mol. The zero-order valence-corrected chi connectivity index (χ0v) is 15.0. The molecule has 0 bridgehead atoms. The Labute approximate surface area is 149 Å². The van der Waals surface area contributed by atoms with Crippen LogP contribution < -0.4 is 5.73 Å². The van der Waals surface area contributed by atoms with Crippen LogP contribution >= 0.6 is 11.3 Å². The minimum Gasteiger partial charge on any atom is -0.383 e. The fourth-order valence-corrected chi connectivity index (χ4v) is 3.69. The van der Waals surface area contributed by atoms with Crippen LogP contribution in [0.3, 0.4) is 0 Å². The number of nitrogen functional groups attached to an aromatic ring is 1. The van der Waals surface area contributed by atoms with E-state index in [4.69, 9.17) is 5.73 Å². The molecule has 0 aromatic carbocycles. The second kappa shape index (κ2) is 6.39. The molecule has 0 spiro atoms. The number of pyridine rings is 1. The monoisotopic (exact) mass is 348 g/mol. The number of thiazole rings is 1. The molecule has 2 N–H and O–H groups in total. The van der Waals surface area contributed by atoms with Crippen molar-refractivity contribution in [3.63, 3.8) is 0 Å². The third-order valence-corrected chi connectivity index (χ3v) is 5.05. The topological polar surface area (TPSA) is 104 Å². The lowest BCUT2D eigenvalue weighted by Crippen LogP contribution is -1.99. The second-order valence-corrected chi connectivity index (χ2v) is 6.79. The summed E-state index contributed by atoms with van der Waals surface area (Å²) in [6, 6.07) is 7.93. The third-order valence-electron chi connectivity index (χ3n) is 3.96. The number of aryl methyl sites for hydroxylation is 3. The van der Waals surface area contributed by atoms with Gasteiger partial charge in [-0.05, 0) is 32.9 Å². The summed E-state index contributed by atoms with van der Waals surface area (Å²) in [4.78, 5) is 9.77. The molecule has 25 heavy (non-hydrogen) atoms. The highest BCUT2D eigenvalue weighted by atomic mass is 32.1. The summed E-state index contributed by atoms with van der Waals surface area (Å²) in [6.07, 6.45) is 1.86. The van der Waals surface area contributed by atoms with E-state index < -0.39 is 0 Å². The number of aromatic nitrogens is 3. The number of nitrogens with zero attached hydrogens (tertiary/aromatic N) is 5. The fourth-order valence-electron chi connectivity index (χ4n) is 2.81. The van der Waals surface area contributed by atoms with Gasteiger partial charge < -0.3 is 10.3 Å². The maximum Gasteiger partial charge on any atom is 0.142 e. The number of hydrogen-bond acceptors (Lipinski definition) is 6. The zero-order valence-electron chi connectivity index (χ0n) is 14.2. The van der Waals surface area contributed by atoms with Crippen molar-refractivity contribution in [1.29, 1.82) is 10.5 Å². The molecular formula is C18H16N6S. The van der Waals surface area contributed by atoms with Gasteiger partial charge in [0.05, 0.1) is 21.3 Å². The van der Waals surface area contributed by atoms with E-state index in [2.05, 4.69) is 22.1 Å². The third kappa shape index (κ3) is 2.86. The molecule has 0 aliphatic carbocycles. The average Bonchev–Trinajstić information content (AvgIpc) is 3.16. The number of anilines is 1. The van der Waals surface area contributed by atoms with Gasteiger partial charge in [0.25, 0.3) is 0 Å². The lowest BCUT2D eigenvalue weighted by molar-refractivity contribution is 0.758. The van der Waals surface area contributed by atoms with E-state index in [-0.39, 0.29) is 5.82 Å². The molecule has 0 atom stereocenters. The molecule has 124 valence electrons. The van der Waals surface area contributed by atoms with Crippen LogP contribution in [0.4, 0.5) is 5.82 Å². The van der Waals surface area contributed by atoms with Gasteiger partial charge in [-0.1, -0.05) is 0 Å².